The zero-order valence-corrected chi connectivity index (χ0v) is 9.09. The molecule has 0 bridgehead atoms. The Morgan fingerprint density at radius 2 is 2.38 bits per heavy atom. The molecular formula is C13H14O3. The van der Waals surface area contributed by atoms with E-state index >= 15 is 0 Å². The standard InChI is InChI=1S/C13H14O3/c1-16-11-4-2-3-9(7-11)12-8-10(12)5-6-13(14)15/h2-7,10,12H,8H2,1H3,(H,14,15). The molecule has 0 radical (unpaired) electrons. The second kappa shape index (κ2) is 4.39. The van der Waals surface area contributed by atoms with E-state index in [4.69, 9.17) is 9.84 Å². The summed E-state index contributed by atoms with van der Waals surface area (Å²) in [6.07, 6.45) is 4.02. The van der Waals surface area contributed by atoms with Gasteiger partial charge < -0.3 is 9.84 Å². The van der Waals surface area contributed by atoms with E-state index in [1.54, 1.807) is 13.2 Å². The van der Waals surface area contributed by atoms with Gasteiger partial charge in [0.2, 0.25) is 0 Å². The summed E-state index contributed by atoms with van der Waals surface area (Å²) in [5, 5.41) is 8.52. The van der Waals surface area contributed by atoms with Crippen LogP contribution in [-0.2, 0) is 4.79 Å². The number of carboxylic acids is 1. The minimum atomic E-state index is -0.878. The van der Waals surface area contributed by atoms with Crippen molar-refractivity contribution in [2.24, 2.45) is 5.92 Å². The molecule has 3 heteroatoms. The van der Waals surface area contributed by atoms with Crippen molar-refractivity contribution in [1.29, 1.82) is 0 Å². The van der Waals surface area contributed by atoms with E-state index < -0.39 is 5.97 Å². The molecule has 1 aliphatic rings. The second-order valence-corrected chi connectivity index (χ2v) is 3.98. The van der Waals surface area contributed by atoms with Crippen LogP contribution in [0.3, 0.4) is 0 Å². The Kier molecular flexibility index (Phi) is 2.95. The first-order valence-corrected chi connectivity index (χ1v) is 5.26. The Bertz CT molecular complexity index is 423. The van der Waals surface area contributed by atoms with Crippen molar-refractivity contribution in [2.75, 3.05) is 7.11 Å². The SMILES string of the molecule is COc1cccc(C2CC2C=CC(=O)O)c1. The number of hydrogen-bond acceptors (Lipinski definition) is 2. The second-order valence-electron chi connectivity index (χ2n) is 3.98. The molecule has 16 heavy (non-hydrogen) atoms. The normalized spacial score (nSPS) is 23.3. The lowest BCUT2D eigenvalue weighted by Crippen LogP contribution is -1.88. The predicted octanol–water partition coefficient (Wildman–Crippen LogP) is 2.44. The maximum Gasteiger partial charge on any atom is 0.327 e. The highest BCUT2D eigenvalue weighted by Gasteiger charge is 2.36. The Morgan fingerprint density at radius 3 is 3.06 bits per heavy atom. The third kappa shape index (κ3) is 2.42. The molecule has 1 fully saturated rings. The largest absolute Gasteiger partial charge is 0.497 e. The number of ether oxygens (including phenoxy) is 1. The lowest BCUT2D eigenvalue weighted by Gasteiger charge is -2.02. The van der Waals surface area contributed by atoms with Gasteiger partial charge in [-0.1, -0.05) is 18.2 Å². The third-order valence-corrected chi connectivity index (χ3v) is 2.85. The number of carboxylic acid groups (broad SMARTS) is 1. The summed E-state index contributed by atoms with van der Waals surface area (Å²) in [5.74, 6) is 0.788. The lowest BCUT2D eigenvalue weighted by atomic mass is 10.1. The lowest BCUT2D eigenvalue weighted by molar-refractivity contribution is -0.131. The molecule has 1 aromatic rings. The van der Waals surface area contributed by atoms with Gasteiger partial charge in [0.25, 0.3) is 0 Å². The molecule has 0 aromatic heterocycles. The fourth-order valence-corrected chi connectivity index (χ4v) is 1.89. The van der Waals surface area contributed by atoms with Crippen molar-refractivity contribution >= 4 is 5.97 Å². The van der Waals surface area contributed by atoms with Gasteiger partial charge >= 0.3 is 5.97 Å². The zero-order chi connectivity index (χ0) is 11.5. The monoisotopic (exact) mass is 218 g/mol. The first-order chi connectivity index (χ1) is 7.70. The van der Waals surface area contributed by atoms with Crippen LogP contribution in [0, 0.1) is 5.92 Å². The molecule has 1 N–H and O–H groups in total. The minimum Gasteiger partial charge on any atom is -0.497 e. The smallest absolute Gasteiger partial charge is 0.327 e. The third-order valence-electron chi connectivity index (χ3n) is 2.85. The number of hydrogen-bond donors (Lipinski definition) is 1. The average Bonchev–Trinajstić information content (AvgIpc) is 3.06. The number of methoxy groups -OCH3 is 1. The topological polar surface area (TPSA) is 46.5 Å². The molecule has 1 aliphatic carbocycles. The molecule has 0 amide bonds. The zero-order valence-electron chi connectivity index (χ0n) is 9.09. The fourth-order valence-electron chi connectivity index (χ4n) is 1.89. The van der Waals surface area contributed by atoms with E-state index in [1.807, 2.05) is 18.2 Å². The summed E-state index contributed by atoms with van der Waals surface area (Å²) >= 11 is 0. The van der Waals surface area contributed by atoms with Crippen molar-refractivity contribution < 1.29 is 14.6 Å². The molecule has 1 aromatic carbocycles. The Labute approximate surface area is 94.4 Å². The maximum atomic E-state index is 10.4. The first kappa shape index (κ1) is 10.7. The van der Waals surface area contributed by atoms with E-state index in [2.05, 4.69) is 6.07 Å². The summed E-state index contributed by atoms with van der Waals surface area (Å²) in [7, 11) is 1.65. The number of benzene rings is 1. The molecule has 0 saturated heterocycles. The van der Waals surface area contributed by atoms with Gasteiger partial charge in [-0.15, -0.1) is 0 Å². The molecule has 2 atom stereocenters. The summed E-state index contributed by atoms with van der Waals surface area (Å²) in [5.41, 5.74) is 1.22. The molecule has 3 nitrogen and oxygen atoms in total. The number of aliphatic carboxylic acids is 1. The van der Waals surface area contributed by atoms with Crippen LogP contribution in [0.15, 0.2) is 36.4 Å². The quantitative estimate of drug-likeness (QED) is 0.789. The number of carbonyl (C=O) groups is 1. The Balaban J connectivity index is 2.02. The highest BCUT2D eigenvalue weighted by atomic mass is 16.5. The van der Waals surface area contributed by atoms with Gasteiger partial charge in [0, 0.05) is 6.08 Å². The molecule has 1 saturated carbocycles. The summed E-state index contributed by atoms with van der Waals surface area (Å²) < 4.78 is 5.15. The minimum absolute atomic E-state index is 0.364. The molecule has 2 rings (SSSR count). The van der Waals surface area contributed by atoms with Crippen molar-refractivity contribution in [2.45, 2.75) is 12.3 Å². The molecular weight excluding hydrogens is 204 g/mol. The molecule has 0 aliphatic heterocycles. The number of allylic oxidation sites excluding steroid dienone is 1. The van der Waals surface area contributed by atoms with Crippen LogP contribution in [0.1, 0.15) is 17.9 Å². The average molecular weight is 218 g/mol. The van der Waals surface area contributed by atoms with E-state index in [-0.39, 0.29) is 0 Å². The summed E-state index contributed by atoms with van der Waals surface area (Å²) in [6.45, 7) is 0. The van der Waals surface area contributed by atoms with Crippen molar-refractivity contribution in [3.05, 3.63) is 42.0 Å². The summed E-state index contributed by atoms with van der Waals surface area (Å²) in [4.78, 5) is 10.4. The number of rotatable bonds is 4. The van der Waals surface area contributed by atoms with Crippen LogP contribution in [0.4, 0.5) is 0 Å². The predicted molar refractivity (Wildman–Crippen MR) is 60.6 cm³/mol. The van der Waals surface area contributed by atoms with Crippen LogP contribution in [0.25, 0.3) is 0 Å². The van der Waals surface area contributed by atoms with Crippen LogP contribution >= 0.6 is 0 Å². The maximum absolute atomic E-state index is 10.4. The van der Waals surface area contributed by atoms with Crippen molar-refractivity contribution in [3.8, 4) is 5.75 Å². The van der Waals surface area contributed by atoms with Crippen molar-refractivity contribution in [1.82, 2.24) is 0 Å². The van der Waals surface area contributed by atoms with Crippen molar-refractivity contribution in [3.63, 3.8) is 0 Å². The molecule has 0 spiro atoms. The molecule has 2 unspecified atom stereocenters. The van der Waals surface area contributed by atoms with Crippen LogP contribution in [0.2, 0.25) is 0 Å². The molecule has 0 heterocycles. The van der Waals surface area contributed by atoms with Crippen LogP contribution < -0.4 is 4.74 Å². The first-order valence-electron chi connectivity index (χ1n) is 5.26. The van der Waals surface area contributed by atoms with Gasteiger partial charge in [-0.2, -0.15) is 0 Å². The fraction of sp³-hybridized carbons (Fsp3) is 0.308. The highest BCUT2D eigenvalue weighted by molar-refractivity contribution is 5.79. The van der Waals surface area contributed by atoms with E-state index in [1.165, 1.54) is 11.6 Å². The van der Waals surface area contributed by atoms with Gasteiger partial charge in [-0.3, -0.25) is 0 Å². The Hall–Kier alpha value is -1.77. The summed E-state index contributed by atoms with van der Waals surface area (Å²) in [6, 6.07) is 7.94. The van der Waals surface area contributed by atoms with Crippen LogP contribution in [-0.4, -0.2) is 18.2 Å². The van der Waals surface area contributed by atoms with Gasteiger partial charge in [0.15, 0.2) is 0 Å². The highest BCUT2D eigenvalue weighted by Crippen LogP contribution is 2.48. The van der Waals surface area contributed by atoms with E-state index in [0.717, 1.165) is 12.2 Å². The van der Waals surface area contributed by atoms with Gasteiger partial charge in [0.1, 0.15) is 5.75 Å². The van der Waals surface area contributed by atoms with Crippen LogP contribution in [0.5, 0.6) is 5.75 Å². The van der Waals surface area contributed by atoms with E-state index in [0.29, 0.717) is 11.8 Å². The Morgan fingerprint density at radius 1 is 1.56 bits per heavy atom. The molecule has 84 valence electrons. The van der Waals surface area contributed by atoms with Gasteiger partial charge in [-0.05, 0) is 36.0 Å². The van der Waals surface area contributed by atoms with Gasteiger partial charge in [0.05, 0.1) is 7.11 Å². The van der Waals surface area contributed by atoms with E-state index in [9.17, 15) is 4.79 Å². The van der Waals surface area contributed by atoms with Gasteiger partial charge in [-0.25, -0.2) is 4.79 Å².